The number of nitrogen functional groups attached to an aromatic ring is 1. The summed E-state index contributed by atoms with van der Waals surface area (Å²) in [5.74, 6) is -0.408. The molecule has 0 saturated carbocycles. The Bertz CT molecular complexity index is 781. The zero-order valence-electron chi connectivity index (χ0n) is 11.2. The van der Waals surface area contributed by atoms with Gasteiger partial charge in [0.1, 0.15) is 5.52 Å². The number of nitrogens with two attached hydrogens (primary N) is 1. The van der Waals surface area contributed by atoms with E-state index in [4.69, 9.17) is 14.9 Å². The Morgan fingerprint density at radius 3 is 2.86 bits per heavy atom. The van der Waals surface area contributed by atoms with Crippen LogP contribution in [0, 0.1) is 0 Å². The zero-order valence-corrected chi connectivity index (χ0v) is 12.0. The second-order valence-electron chi connectivity index (χ2n) is 4.29. The van der Waals surface area contributed by atoms with Crippen LogP contribution in [0.5, 0.6) is 0 Å². The largest absolute Gasteiger partial charge is 0.465 e. The molecule has 0 aliphatic rings. The lowest BCUT2D eigenvalue weighted by Gasteiger charge is -2.05. The van der Waals surface area contributed by atoms with Crippen molar-refractivity contribution in [2.75, 3.05) is 12.8 Å². The minimum Gasteiger partial charge on any atom is -0.465 e. The number of nitrogens with zero attached hydrogens (tertiary/aromatic N) is 1. The normalized spacial score (nSPS) is 10.7. The summed E-state index contributed by atoms with van der Waals surface area (Å²) >= 11 is 1.27. The number of benzene rings is 2. The van der Waals surface area contributed by atoms with Crippen LogP contribution in [0.25, 0.3) is 11.1 Å². The fourth-order valence-electron chi connectivity index (χ4n) is 1.86. The molecule has 3 aromatic rings. The van der Waals surface area contributed by atoms with Crippen LogP contribution in [0.4, 0.5) is 5.69 Å². The maximum Gasteiger partial charge on any atom is 0.337 e. The fraction of sp³-hybridized carbons (Fsp3) is 0.0667. The van der Waals surface area contributed by atoms with Crippen molar-refractivity contribution in [3.05, 3.63) is 48.0 Å². The molecule has 0 amide bonds. The first-order chi connectivity index (χ1) is 10.2. The molecule has 6 heteroatoms. The number of methoxy groups -OCH3 is 1. The summed E-state index contributed by atoms with van der Waals surface area (Å²) in [7, 11) is 1.34. The Balaban J connectivity index is 1.94. The highest BCUT2D eigenvalue weighted by Gasteiger charge is 2.12. The van der Waals surface area contributed by atoms with E-state index in [0.717, 1.165) is 5.52 Å². The van der Waals surface area contributed by atoms with E-state index in [-0.39, 0.29) is 0 Å². The van der Waals surface area contributed by atoms with Gasteiger partial charge in [-0.1, -0.05) is 12.1 Å². The molecule has 0 fully saturated rings. The molecule has 21 heavy (non-hydrogen) atoms. The van der Waals surface area contributed by atoms with Gasteiger partial charge >= 0.3 is 5.97 Å². The van der Waals surface area contributed by atoms with Gasteiger partial charge in [0.25, 0.3) is 5.22 Å². The first-order valence-electron chi connectivity index (χ1n) is 6.18. The lowest BCUT2D eigenvalue weighted by molar-refractivity contribution is 0.0600. The minimum atomic E-state index is -0.408. The Morgan fingerprint density at radius 1 is 1.29 bits per heavy atom. The van der Waals surface area contributed by atoms with E-state index in [9.17, 15) is 4.79 Å². The predicted molar refractivity (Wildman–Crippen MR) is 80.3 cm³/mol. The highest BCUT2D eigenvalue weighted by molar-refractivity contribution is 7.99. The number of rotatable bonds is 3. The molecule has 0 aliphatic carbocycles. The Kier molecular flexibility index (Phi) is 3.53. The molecule has 0 atom stereocenters. The molecule has 0 unspecified atom stereocenters. The van der Waals surface area contributed by atoms with E-state index in [2.05, 4.69) is 4.98 Å². The van der Waals surface area contributed by atoms with Crippen molar-refractivity contribution < 1.29 is 13.9 Å². The van der Waals surface area contributed by atoms with Gasteiger partial charge in [0, 0.05) is 10.6 Å². The van der Waals surface area contributed by atoms with Gasteiger partial charge in [0.05, 0.1) is 12.7 Å². The number of para-hydroxylation sites is 2. The average Bonchev–Trinajstić information content (AvgIpc) is 2.91. The molecular formula is C15H12N2O3S. The van der Waals surface area contributed by atoms with Crippen LogP contribution in [0.3, 0.4) is 0 Å². The molecule has 0 aliphatic heterocycles. The van der Waals surface area contributed by atoms with Gasteiger partial charge in [-0.2, -0.15) is 0 Å². The Morgan fingerprint density at radius 2 is 2.10 bits per heavy atom. The van der Waals surface area contributed by atoms with Crippen LogP contribution < -0.4 is 5.73 Å². The number of oxazole rings is 1. The van der Waals surface area contributed by atoms with E-state index >= 15 is 0 Å². The molecule has 0 bridgehead atoms. The molecular weight excluding hydrogens is 288 g/mol. The number of anilines is 1. The summed E-state index contributed by atoms with van der Waals surface area (Å²) in [6.07, 6.45) is 0. The van der Waals surface area contributed by atoms with Crippen LogP contribution in [-0.2, 0) is 4.74 Å². The number of ether oxygens (including phenoxy) is 1. The van der Waals surface area contributed by atoms with Crippen LogP contribution in [-0.4, -0.2) is 18.1 Å². The first kappa shape index (κ1) is 13.5. The maximum atomic E-state index is 11.6. The van der Waals surface area contributed by atoms with Crippen molar-refractivity contribution >= 4 is 34.5 Å². The van der Waals surface area contributed by atoms with Gasteiger partial charge in [-0.05, 0) is 42.1 Å². The average molecular weight is 300 g/mol. The van der Waals surface area contributed by atoms with Crippen LogP contribution in [0.1, 0.15) is 10.4 Å². The third-order valence-corrected chi connectivity index (χ3v) is 3.83. The summed E-state index contributed by atoms with van der Waals surface area (Å²) in [4.78, 5) is 16.6. The number of fused-ring (bicyclic) bond motifs is 1. The smallest absolute Gasteiger partial charge is 0.337 e. The van der Waals surface area contributed by atoms with E-state index in [0.29, 0.717) is 27.0 Å². The van der Waals surface area contributed by atoms with Crippen LogP contribution in [0.15, 0.2) is 57.0 Å². The van der Waals surface area contributed by atoms with Gasteiger partial charge in [-0.3, -0.25) is 0 Å². The molecule has 0 saturated heterocycles. The summed E-state index contributed by atoms with van der Waals surface area (Å²) in [5, 5.41) is 0.477. The van der Waals surface area contributed by atoms with Gasteiger partial charge in [-0.15, -0.1) is 0 Å². The number of esters is 1. The summed E-state index contributed by atoms with van der Waals surface area (Å²) in [6, 6.07) is 12.5. The third-order valence-electron chi connectivity index (χ3n) is 2.91. The first-order valence-corrected chi connectivity index (χ1v) is 7.00. The quantitative estimate of drug-likeness (QED) is 0.590. The molecule has 0 spiro atoms. The monoisotopic (exact) mass is 300 g/mol. The Labute approximate surface area is 125 Å². The summed E-state index contributed by atoms with van der Waals surface area (Å²) in [6.45, 7) is 0. The standard InChI is InChI=1S/C15H12N2O3S/c1-19-14(18)9-6-7-10(16)13(8-9)21-15-17-11-4-2-3-5-12(11)20-15/h2-8H,16H2,1H3. The van der Waals surface area contributed by atoms with Crippen molar-refractivity contribution in [2.45, 2.75) is 10.1 Å². The van der Waals surface area contributed by atoms with Gasteiger partial charge in [0.2, 0.25) is 0 Å². The number of carbonyl (C=O) groups excluding carboxylic acids is 1. The summed E-state index contributed by atoms with van der Waals surface area (Å²) in [5.41, 5.74) is 8.41. The molecule has 0 radical (unpaired) electrons. The molecule has 3 rings (SSSR count). The highest BCUT2D eigenvalue weighted by Crippen LogP contribution is 2.34. The zero-order chi connectivity index (χ0) is 14.8. The second-order valence-corrected chi connectivity index (χ2v) is 5.29. The van der Waals surface area contributed by atoms with Gasteiger partial charge < -0.3 is 14.9 Å². The molecule has 1 aromatic heterocycles. The van der Waals surface area contributed by atoms with Crippen molar-refractivity contribution in [1.29, 1.82) is 0 Å². The van der Waals surface area contributed by atoms with Gasteiger partial charge in [0.15, 0.2) is 5.58 Å². The van der Waals surface area contributed by atoms with Crippen LogP contribution in [0.2, 0.25) is 0 Å². The van der Waals surface area contributed by atoms with E-state index in [1.165, 1.54) is 18.9 Å². The van der Waals surface area contributed by atoms with Crippen molar-refractivity contribution in [3.63, 3.8) is 0 Å². The lowest BCUT2D eigenvalue weighted by atomic mass is 10.2. The highest BCUT2D eigenvalue weighted by atomic mass is 32.2. The third kappa shape index (κ3) is 2.71. The Hall–Kier alpha value is -2.47. The molecule has 1 heterocycles. The molecule has 5 nitrogen and oxygen atoms in total. The van der Waals surface area contributed by atoms with Crippen LogP contribution >= 0.6 is 11.8 Å². The number of aromatic nitrogens is 1. The molecule has 106 valence electrons. The SMILES string of the molecule is COC(=O)c1ccc(N)c(Sc2nc3ccccc3o2)c1. The lowest BCUT2D eigenvalue weighted by Crippen LogP contribution is -2.02. The molecule has 2 aromatic carbocycles. The topological polar surface area (TPSA) is 78.4 Å². The number of hydrogen-bond acceptors (Lipinski definition) is 6. The maximum absolute atomic E-state index is 11.6. The fourth-order valence-corrected chi connectivity index (χ4v) is 2.69. The van der Waals surface area contributed by atoms with Crippen molar-refractivity contribution in [3.8, 4) is 0 Å². The predicted octanol–water partition coefficient (Wildman–Crippen LogP) is 3.35. The van der Waals surface area contributed by atoms with E-state index < -0.39 is 5.97 Å². The minimum absolute atomic E-state index is 0.408. The second kappa shape index (κ2) is 5.49. The number of hydrogen-bond donors (Lipinski definition) is 1. The van der Waals surface area contributed by atoms with E-state index in [1.807, 2.05) is 24.3 Å². The van der Waals surface area contributed by atoms with Crippen molar-refractivity contribution in [2.24, 2.45) is 0 Å². The number of carbonyl (C=O) groups is 1. The van der Waals surface area contributed by atoms with E-state index in [1.54, 1.807) is 18.2 Å². The van der Waals surface area contributed by atoms with Gasteiger partial charge in [-0.25, -0.2) is 9.78 Å². The molecule has 2 N–H and O–H groups in total. The van der Waals surface area contributed by atoms with Crippen molar-refractivity contribution in [1.82, 2.24) is 4.98 Å². The summed E-state index contributed by atoms with van der Waals surface area (Å²) < 4.78 is 10.3.